The Labute approximate surface area is 217 Å². The number of esters is 2. The van der Waals surface area contributed by atoms with Gasteiger partial charge in [0.15, 0.2) is 0 Å². The van der Waals surface area contributed by atoms with Gasteiger partial charge in [0.2, 0.25) is 0 Å². The molecule has 4 atom stereocenters. The number of aliphatic hydroxyl groups excluding tert-OH is 2. The van der Waals surface area contributed by atoms with Gasteiger partial charge in [0.1, 0.15) is 0 Å². The molecule has 0 amide bonds. The zero-order chi connectivity index (χ0) is 26.7. The molecule has 1 saturated carbocycles. The predicted octanol–water partition coefficient (Wildman–Crippen LogP) is 4.74. The normalized spacial score (nSPS) is 26.9. The molecule has 0 spiro atoms. The van der Waals surface area contributed by atoms with E-state index in [-0.39, 0.29) is 36.2 Å². The number of carbonyl (C=O) groups excluding carboxylic acids is 2. The molecule has 0 aromatic carbocycles. The lowest BCUT2D eigenvalue weighted by molar-refractivity contribution is -0.147. The van der Waals surface area contributed by atoms with Crippen LogP contribution in [0.3, 0.4) is 0 Å². The fraction of sp³-hybridized carbons (Fsp3) is 0.793. The van der Waals surface area contributed by atoms with Crippen molar-refractivity contribution in [3.63, 3.8) is 0 Å². The molecule has 2 aliphatic rings. The highest BCUT2D eigenvalue weighted by atomic mass is 16.5. The first kappa shape index (κ1) is 30.5. The summed E-state index contributed by atoms with van der Waals surface area (Å²) in [6.07, 6.45) is 9.83. The first-order valence-electron chi connectivity index (χ1n) is 13.8. The van der Waals surface area contributed by atoms with E-state index in [0.717, 1.165) is 38.7 Å². The molecule has 7 heteroatoms. The minimum absolute atomic E-state index is 0.000573. The molecule has 206 valence electrons. The minimum atomic E-state index is -0.986. The molecule has 0 bridgehead atoms. The maximum Gasteiger partial charge on any atom is 0.336 e. The van der Waals surface area contributed by atoms with Crippen molar-refractivity contribution >= 4 is 11.9 Å². The summed E-state index contributed by atoms with van der Waals surface area (Å²) in [5.41, 5.74) is -0.00115. The average Bonchev–Trinajstić information content (AvgIpc) is 2.88. The van der Waals surface area contributed by atoms with Crippen molar-refractivity contribution in [2.75, 3.05) is 19.8 Å². The van der Waals surface area contributed by atoms with Crippen LogP contribution in [-0.2, 0) is 23.8 Å². The van der Waals surface area contributed by atoms with Gasteiger partial charge in [-0.1, -0.05) is 39.3 Å². The van der Waals surface area contributed by atoms with Crippen LogP contribution < -0.4 is 0 Å². The molecule has 2 rings (SSSR count). The van der Waals surface area contributed by atoms with E-state index in [4.69, 9.17) is 14.2 Å². The Kier molecular flexibility index (Phi) is 13.2. The van der Waals surface area contributed by atoms with Crippen molar-refractivity contribution in [3.8, 4) is 0 Å². The minimum Gasteiger partial charge on any atom is -0.462 e. The second kappa shape index (κ2) is 15.5. The Hall–Kier alpha value is -1.70. The van der Waals surface area contributed by atoms with Crippen LogP contribution in [0.2, 0.25) is 0 Å². The molecular weight excluding hydrogens is 460 g/mol. The third-order valence-electron chi connectivity index (χ3n) is 8.02. The van der Waals surface area contributed by atoms with Gasteiger partial charge in [0, 0.05) is 12.5 Å². The maximum atomic E-state index is 12.2. The predicted molar refractivity (Wildman–Crippen MR) is 139 cm³/mol. The standard InChI is InChI=1S/C29H48O7/c1-6-7-8-9-23-10-15-27(34-16-23)25-13-11-24(12-14-25)26(17-35-28(32)19(2)21(4)30)18-36-29(33)20(3)22(5)31/h21-27,30-31H,2-3,6-18H2,1,4-5H3. The molecule has 2 N–H and O–H groups in total. The average molecular weight is 509 g/mol. The first-order valence-corrected chi connectivity index (χ1v) is 13.8. The Balaban J connectivity index is 1.88. The second-order valence-corrected chi connectivity index (χ2v) is 10.8. The lowest BCUT2D eigenvalue weighted by Crippen LogP contribution is -2.37. The van der Waals surface area contributed by atoms with E-state index in [9.17, 15) is 19.8 Å². The summed E-state index contributed by atoms with van der Waals surface area (Å²) < 4.78 is 17.2. The van der Waals surface area contributed by atoms with Crippen LogP contribution in [0.4, 0.5) is 0 Å². The molecule has 1 saturated heterocycles. The molecule has 0 aromatic rings. The van der Waals surface area contributed by atoms with Crippen LogP contribution in [0, 0.1) is 23.7 Å². The molecule has 1 heterocycles. The SMILES string of the molecule is C=C(C(=O)OCC(COC(=O)C(=C)C(C)O)C1CCC(C2CCC(CCCCC)CO2)CC1)C(C)O. The van der Waals surface area contributed by atoms with Crippen molar-refractivity contribution < 1.29 is 34.0 Å². The van der Waals surface area contributed by atoms with Crippen molar-refractivity contribution in [1.82, 2.24) is 0 Å². The Morgan fingerprint density at radius 3 is 1.89 bits per heavy atom. The van der Waals surface area contributed by atoms with Crippen LogP contribution in [0.1, 0.15) is 85.0 Å². The first-order chi connectivity index (χ1) is 17.1. The van der Waals surface area contributed by atoms with Crippen molar-refractivity contribution in [2.24, 2.45) is 23.7 Å². The molecular formula is C29H48O7. The van der Waals surface area contributed by atoms with E-state index in [1.54, 1.807) is 0 Å². The topological polar surface area (TPSA) is 102 Å². The molecule has 1 aliphatic heterocycles. The highest BCUT2D eigenvalue weighted by molar-refractivity contribution is 5.89. The quantitative estimate of drug-likeness (QED) is 0.198. The van der Waals surface area contributed by atoms with E-state index >= 15 is 0 Å². The van der Waals surface area contributed by atoms with Gasteiger partial charge >= 0.3 is 11.9 Å². The summed E-state index contributed by atoms with van der Waals surface area (Å²) in [5, 5.41) is 19.2. The van der Waals surface area contributed by atoms with Gasteiger partial charge in [-0.25, -0.2) is 9.59 Å². The lowest BCUT2D eigenvalue weighted by Gasteiger charge is -2.39. The fourth-order valence-corrected chi connectivity index (χ4v) is 5.31. The summed E-state index contributed by atoms with van der Waals surface area (Å²) in [6.45, 7) is 13.4. The van der Waals surface area contributed by atoms with Gasteiger partial charge in [-0.3, -0.25) is 0 Å². The number of carbonyl (C=O) groups is 2. The maximum absolute atomic E-state index is 12.2. The summed E-state index contributed by atoms with van der Waals surface area (Å²) in [4.78, 5) is 24.4. The monoisotopic (exact) mass is 508 g/mol. The van der Waals surface area contributed by atoms with E-state index in [1.165, 1.54) is 46.0 Å². The second-order valence-electron chi connectivity index (χ2n) is 10.8. The largest absolute Gasteiger partial charge is 0.462 e. The number of unbranched alkanes of at least 4 members (excludes halogenated alkanes) is 2. The van der Waals surface area contributed by atoms with E-state index in [1.807, 2.05) is 0 Å². The lowest BCUT2D eigenvalue weighted by atomic mass is 9.73. The molecule has 4 unspecified atom stereocenters. The number of aliphatic hydroxyl groups is 2. The van der Waals surface area contributed by atoms with E-state index < -0.39 is 24.1 Å². The van der Waals surface area contributed by atoms with Crippen LogP contribution in [0.15, 0.2) is 24.3 Å². The third kappa shape index (κ3) is 9.64. The van der Waals surface area contributed by atoms with E-state index in [2.05, 4.69) is 20.1 Å². The van der Waals surface area contributed by atoms with Gasteiger partial charge in [0.25, 0.3) is 0 Å². The molecule has 1 aliphatic carbocycles. The van der Waals surface area contributed by atoms with Crippen LogP contribution in [-0.4, -0.2) is 60.3 Å². The summed E-state index contributed by atoms with van der Waals surface area (Å²) in [7, 11) is 0. The smallest absolute Gasteiger partial charge is 0.336 e. The van der Waals surface area contributed by atoms with Crippen LogP contribution in [0.25, 0.3) is 0 Å². The van der Waals surface area contributed by atoms with Gasteiger partial charge < -0.3 is 24.4 Å². The number of rotatable bonds is 14. The zero-order valence-electron chi connectivity index (χ0n) is 22.6. The van der Waals surface area contributed by atoms with Gasteiger partial charge in [-0.2, -0.15) is 0 Å². The van der Waals surface area contributed by atoms with Crippen molar-refractivity contribution in [1.29, 1.82) is 0 Å². The molecule has 36 heavy (non-hydrogen) atoms. The Morgan fingerprint density at radius 2 is 1.44 bits per heavy atom. The van der Waals surface area contributed by atoms with Crippen molar-refractivity contribution in [2.45, 2.75) is 103 Å². The Bertz CT molecular complexity index is 677. The molecule has 7 nitrogen and oxygen atoms in total. The Morgan fingerprint density at radius 1 is 0.889 bits per heavy atom. The third-order valence-corrected chi connectivity index (χ3v) is 8.02. The molecule has 2 fully saturated rings. The molecule has 0 aromatic heterocycles. The highest BCUT2D eigenvalue weighted by Gasteiger charge is 2.35. The fourth-order valence-electron chi connectivity index (χ4n) is 5.31. The molecule has 0 radical (unpaired) electrons. The van der Waals surface area contributed by atoms with E-state index in [0.29, 0.717) is 17.9 Å². The van der Waals surface area contributed by atoms with Gasteiger partial charge in [-0.05, 0) is 76.5 Å². The number of ether oxygens (including phenoxy) is 3. The number of hydrogen-bond donors (Lipinski definition) is 2. The van der Waals surface area contributed by atoms with Gasteiger partial charge in [-0.15, -0.1) is 0 Å². The summed E-state index contributed by atoms with van der Waals surface area (Å²) in [6, 6.07) is 0. The summed E-state index contributed by atoms with van der Waals surface area (Å²) in [5.74, 6) is -0.0103. The highest BCUT2D eigenvalue weighted by Crippen LogP contribution is 2.39. The van der Waals surface area contributed by atoms with Crippen molar-refractivity contribution in [3.05, 3.63) is 24.3 Å². The zero-order valence-corrected chi connectivity index (χ0v) is 22.6. The van der Waals surface area contributed by atoms with Gasteiger partial charge in [0.05, 0.1) is 42.7 Å². The van der Waals surface area contributed by atoms with Crippen LogP contribution >= 0.6 is 0 Å². The summed E-state index contributed by atoms with van der Waals surface area (Å²) >= 11 is 0. The number of hydrogen-bond acceptors (Lipinski definition) is 7. The van der Waals surface area contributed by atoms with Crippen LogP contribution in [0.5, 0.6) is 0 Å².